The van der Waals surface area contributed by atoms with Crippen LogP contribution in [0.2, 0.25) is 0 Å². The van der Waals surface area contributed by atoms with Crippen molar-refractivity contribution < 1.29 is 9.53 Å². The molecule has 0 radical (unpaired) electrons. The van der Waals surface area contributed by atoms with Crippen LogP contribution in [0, 0.1) is 0 Å². The third kappa shape index (κ3) is 4.20. The summed E-state index contributed by atoms with van der Waals surface area (Å²) in [5.41, 5.74) is 1.47. The van der Waals surface area contributed by atoms with Crippen molar-refractivity contribution in [2.45, 2.75) is 23.9 Å². The molecule has 1 aromatic heterocycles. The van der Waals surface area contributed by atoms with Crippen molar-refractivity contribution in [1.29, 1.82) is 0 Å². The minimum atomic E-state index is -0.356. The Balaban J connectivity index is 2.05. The van der Waals surface area contributed by atoms with Crippen molar-refractivity contribution in [2.24, 2.45) is 0 Å². The number of benzene rings is 2. The number of rotatable bonds is 6. The zero-order chi connectivity index (χ0) is 20.3. The lowest BCUT2D eigenvalue weighted by Gasteiger charge is -2.19. The molecule has 0 spiro atoms. The van der Waals surface area contributed by atoms with Gasteiger partial charge in [-0.1, -0.05) is 36.0 Å². The summed E-state index contributed by atoms with van der Waals surface area (Å²) in [5, 5.41) is 0.736. The Morgan fingerprint density at radius 2 is 1.86 bits per heavy atom. The first-order valence-corrected chi connectivity index (χ1v) is 9.79. The number of hydrogen-bond acceptors (Lipinski definition) is 5. The molecule has 1 heterocycles. The SMILES string of the molecule is COc1ccc(Cn2c(SC(C)C(=O)N(C)C)nc3ccccc3c2=O)cc1. The predicted molar refractivity (Wildman–Crippen MR) is 112 cm³/mol. The van der Waals surface area contributed by atoms with E-state index in [2.05, 4.69) is 4.98 Å². The first-order valence-electron chi connectivity index (χ1n) is 8.91. The maximum Gasteiger partial charge on any atom is 0.262 e. The average Bonchev–Trinajstić information content (AvgIpc) is 2.70. The van der Waals surface area contributed by atoms with E-state index in [9.17, 15) is 9.59 Å². The summed E-state index contributed by atoms with van der Waals surface area (Å²) in [6.07, 6.45) is 0. The van der Waals surface area contributed by atoms with E-state index in [-0.39, 0.29) is 16.7 Å². The quantitative estimate of drug-likeness (QED) is 0.473. The summed E-state index contributed by atoms with van der Waals surface area (Å²) in [5.74, 6) is 0.732. The topological polar surface area (TPSA) is 64.4 Å². The molecule has 3 rings (SSSR count). The molecule has 1 atom stereocenters. The number of aromatic nitrogens is 2. The molecule has 0 fully saturated rings. The summed E-state index contributed by atoms with van der Waals surface area (Å²) >= 11 is 1.30. The molecule has 0 bridgehead atoms. The molecular formula is C21H23N3O3S. The second-order valence-corrected chi connectivity index (χ2v) is 7.95. The summed E-state index contributed by atoms with van der Waals surface area (Å²) in [6, 6.07) is 14.8. The van der Waals surface area contributed by atoms with Gasteiger partial charge >= 0.3 is 0 Å². The molecule has 0 aliphatic carbocycles. The Morgan fingerprint density at radius 1 is 1.18 bits per heavy atom. The molecule has 28 heavy (non-hydrogen) atoms. The van der Waals surface area contributed by atoms with Gasteiger partial charge in [-0.2, -0.15) is 0 Å². The van der Waals surface area contributed by atoms with Crippen molar-refractivity contribution in [3.63, 3.8) is 0 Å². The van der Waals surface area contributed by atoms with Crippen molar-refractivity contribution in [2.75, 3.05) is 21.2 Å². The van der Waals surface area contributed by atoms with E-state index in [0.29, 0.717) is 22.6 Å². The molecule has 0 aliphatic rings. The van der Waals surface area contributed by atoms with Crippen molar-refractivity contribution in [3.05, 3.63) is 64.4 Å². The number of carbonyl (C=O) groups excluding carboxylic acids is 1. The van der Waals surface area contributed by atoms with Crippen LogP contribution in [0.15, 0.2) is 58.5 Å². The first kappa shape index (κ1) is 19.9. The molecule has 1 amide bonds. The highest BCUT2D eigenvalue weighted by Gasteiger charge is 2.20. The third-order valence-corrected chi connectivity index (χ3v) is 5.47. The minimum Gasteiger partial charge on any atom is -0.497 e. The second-order valence-electron chi connectivity index (χ2n) is 6.64. The molecule has 1 unspecified atom stereocenters. The number of thioether (sulfide) groups is 1. The van der Waals surface area contributed by atoms with Crippen LogP contribution in [0.25, 0.3) is 10.9 Å². The van der Waals surface area contributed by atoms with E-state index in [0.717, 1.165) is 11.3 Å². The lowest BCUT2D eigenvalue weighted by molar-refractivity contribution is -0.127. The molecular weight excluding hydrogens is 374 g/mol. The van der Waals surface area contributed by atoms with Gasteiger partial charge in [-0.15, -0.1) is 0 Å². The average molecular weight is 398 g/mol. The van der Waals surface area contributed by atoms with E-state index in [1.54, 1.807) is 36.7 Å². The van der Waals surface area contributed by atoms with Crippen molar-refractivity contribution in [1.82, 2.24) is 14.5 Å². The van der Waals surface area contributed by atoms with Gasteiger partial charge in [0, 0.05) is 14.1 Å². The highest BCUT2D eigenvalue weighted by Crippen LogP contribution is 2.24. The van der Waals surface area contributed by atoms with Gasteiger partial charge in [0.15, 0.2) is 5.16 Å². The summed E-state index contributed by atoms with van der Waals surface area (Å²) in [6.45, 7) is 2.19. The first-order chi connectivity index (χ1) is 13.4. The lowest BCUT2D eigenvalue weighted by Crippen LogP contribution is -2.31. The van der Waals surface area contributed by atoms with Gasteiger partial charge in [0.05, 0.1) is 29.8 Å². The summed E-state index contributed by atoms with van der Waals surface area (Å²) in [4.78, 5) is 31.7. The van der Waals surface area contributed by atoms with Gasteiger partial charge in [-0.25, -0.2) is 4.98 Å². The number of carbonyl (C=O) groups is 1. The fraction of sp³-hybridized carbons (Fsp3) is 0.286. The second kappa shape index (κ2) is 8.48. The molecule has 146 valence electrons. The van der Waals surface area contributed by atoms with E-state index < -0.39 is 0 Å². The fourth-order valence-corrected chi connectivity index (χ4v) is 3.92. The summed E-state index contributed by atoms with van der Waals surface area (Å²) < 4.78 is 6.83. The molecule has 0 saturated carbocycles. The number of nitrogens with zero attached hydrogens (tertiary/aromatic N) is 3. The van der Waals surface area contributed by atoms with Crippen LogP contribution < -0.4 is 10.3 Å². The zero-order valence-corrected chi connectivity index (χ0v) is 17.2. The van der Waals surface area contributed by atoms with E-state index in [1.807, 2.05) is 49.4 Å². The highest BCUT2D eigenvalue weighted by atomic mass is 32.2. The maximum atomic E-state index is 13.2. The van der Waals surface area contributed by atoms with Crippen molar-refractivity contribution >= 4 is 28.6 Å². The van der Waals surface area contributed by atoms with Crippen LogP contribution in [0.3, 0.4) is 0 Å². The molecule has 0 N–H and O–H groups in total. The Bertz CT molecular complexity index is 1040. The zero-order valence-electron chi connectivity index (χ0n) is 16.4. The normalized spacial score (nSPS) is 12.0. The number of hydrogen-bond donors (Lipinski definition) is 0. The van der Waals surface area contributed by atoms with E-state index in [1.165, 1.54) is 11.8 Å². The fourth-order valence-electron chi connectivity index (χ4n) is 2.86. The van der Waals surface area contributed by atoms with Crippen LogP contribution in [-0.4, -0.2) is 46.8 Å². The molecule has 2 aromatic carbocycles. The standard InChI is InChI=1S/C21H23N3O3S/c1-14(19(25)23(2)3)28-21-22-18-8-6-5-7-17(18)20(26)24(21)13-15-9-11-16(27-4)12-10-15/h5-12,14H,13H2,1-4H3. The van der Waals surface area contributed by atoms with Crippen molar-refractivity contribution in [3.8, 4) is 5.75 Å². The third-order valence-electron chi connectivity index (χ3n) is 4.40. The van der Waals surface area contributed by atoms with Crippen LogP contribution in [0.4, 0.5) is 0 Å². The Hall–Kier alpha value is -2.80. The van der Waals surface area contributed by atoms with Crippen LogP contribution in [0.1, 0.15) is 12.5 Å². The number of para-hydroxylation sites is 1. The summed E-state index contributed by atoms with van der Waals surface area (Å²) in [7, 11) is 5.06. The molecule has 7 heteroatoms. The predicted octanol–water partition coefficient (Wildman–Crippen LogP) is 3.02. The van der Waals surface area contributed by atoms with Gasteiger partial charge in [0.25, 0.3) is 5.56 Å². The Labute approximate surface area is 168 Å². The van der Waals surface area contributed by atoms with E-state index in [4.69, 9.17) is 4.74 Å². The highest BCUT2D eigenvalue weighted by molar-refractivity contribution is 8.00. The minimum absolute atomic E-state index is 0.0246. The van der Waals surface area contributed by atoms with Crippen LogP contribution in [-0.2, 0) is 11.3 Å². The molecule has 0 aliphatic heterocycles. The largest absolute Gasteiger partial charge is 0.497 e. The van der Waals surface area contributed by atoms with Gasteiger partial charge in [0.1, 0.15) is 5.75 Å². The number of fused-ring (bicyclic) bond motifs is 1. The monoisotopic (exact) mass is 397 g/mol. The van der Waals surface area contributed by atoms with Gasteiger partial charge < -0.3 is 9.64 Å². The Kier molecular flexibility index (Phi) is 6.04. The van der Waals surface area contributed by atoms with Gasteiger partial charge in [-0.05, 0) is 36.8 Å². The lowest BCUT2D eigenvalue weighted by atomic mass is 10.2. The maximum absolute atomic E-state index is 13.2. The van der Waals surface area contributed by atoms with Crippen LogP contribution in [0.5, 0.6) is 5.75 Å². The van der Waals surface area contributed by atoms with Gasteiger partial charge in [0.2, 0.25) is 5.91 Å². The molecule has 6 nitrogen and oxygen atoms in total. The Morgan fingerprint density at radius 3 is 2.50 bits per heavy atom. The number of methoxy groups -OCH3 is 1. The smallest absolute Gasteiger partial charge is 0.262 e. The van der Waals surface area contributed by atoms with Gasteiger partial charge in [-0.3, -0.25) is 14.2 Å². The molecule has 3 aromatic rings. The molecule has 0 saturated heterocycles. The van der Waals surface area contributed by atoms with Crippen LogP contribution >= 0.6 is 11.8 Å². The van der Waals surface area contributed by atoms with E-state index >= 15 is 0 Å². The number of amides is 1. The number of ether oxygens (including phenoxy) is 1.